The fourth-order valence-electron chi connectivity index (χ4n) is 2.10. The minimum Gasteiger partial charge on any atom is -0.0773 e. The fraction of sp³-hybridized carbons (Fsp3) is 0.0435. The van der Waals surface area contributed by atoms with Crippen molar-refractivity contribution < 1.29 is 34.1 Å². The van der Waals surface area contributed by atoms with Gasteiger partial charge in [0.05, 0.1) is 0 Å². The number of hydrogen-bond donors (Lipinski definition) is 0. The zero-order valence-electron chi connectivity index (χ0n) is 14.2. The molecule has 4 fully saturated rings. The summed E-state index contributed by atoms with van der Waals surface area (Å²) in [5.74, 6) is 2.58. The number of rotatable bonds is 2. The van der Waals surface area contributed by atoms with Crippen LogP contribution in [0.25, 0.3) is 0 Å². The molecule has 126 valence electrons. The first-order chi connectivity index (χ1) is 11.4. The van der Waals surface area contributed by atoms with E-state index in [-0.39, 0.29) is 34.1 Å². The van der Waals surface area contributed by atoms with Gasteiger partial charge in [-0.1, -0.05) is 11.6 Å². The summed E-state index contributed by atoms with van der Waals surface area (Å²) in [5, 5.41) is 0. The van der Waals surface area contributed by atoms with E-state index in [0.717, 1.165) is 0 Å². The summed E-state index contributed by atoms with van der Waals surface area (Å²) in [7, 11) is 0. The predicted molar refractivity (Wildman–Crippen MR) is 97.6 cm³/mol. The van der Waals surface area contributed by atoms with Crippen molar-refractivity contribution in [3.05, 3.63) is 139 Å². The van der Waals surface area contributed by atoms with Gasteiger partial charge in [0.1, 0.15) is 0 Å². The second-order valence-corrected chi connectivity index (χ2v) is 5.14. The van der Waals surface area contributed by atoms with Gasteiger partial charge in [0.15, 0.2) is 0 Å². The van der Waals surface area contributed by atoms with Crippen LogP contribution in [0.1, 0.15) is 6.92 Å². The van der Waals surface area contributed by atoms with Crippen molar-refractivity contribution in [2.75, 3.05) is 0 Å². The quantitative estimate of drug-likeness (QED) is 0.575. The molecule has 0 N–H and O–H groups in total. The minimum atomic E-state index is 0. The van der Waals surface area contributed by atoms with E-state index in [9.17, 15) is 0 Å². The molecule has 20 radical (unpaired) electrons. The molecule has 0 unspecified atom stereocenters. The van der Waals surface area contributed by atoms with Crippen molar-refractivity contribution >= 4 is 0 Å². The van der Waals surface area contributed by atoms with E-state index in [0.29, 0.717) is 0 Å². The summed E-state index contributed by atoms with van der Waals surface area (Å²) in [6, 6.07) is 0. The monoisotopic (exact) mass is 410 g/mol. The Morgan fingerprint density at radius 2 is 0.840 bits per heavy atom. The van der Waals surface area contributed by atoms with Gasteiger partial charge < -0.3 is 0 Å². The Labute approximate surface area is 179 Å². The van der Waals surface area contributed by atoms with Gasteiger partial charge in [0.25, 0.3) is 0 Å². The largest absolute Gasteiger partial charge is 2.00 e. The van der Waals surface area contributed by atoms with E-state index >= 15 is 0 Å². The molecule has 0 atom stereocenters. The van der Waals surface area contributed by atoms with E-state index in [1.54, 1.807) is 0 Å². The maximum absolute atomic E-state index is 2.20. The Kier molecular flexibility index (Phi) is 17.4. The van der Waals surface area contributed by atoms with Crippen LogP contribution in [0.2, 0.25) is 0 Å². The van der Waals surface area contributed by atoms with Crippen molar-refractivity contribution in [2.45, 2.75) is 6.92 Å². The Morgan fingerprint density at radius 3 is 1.20 bits per heavy atom. The summed E-state index contributed by atoms with van der Waals surface area (Å²) in [6.07, 6.45) is 39.0. The van der Waals surface area contributed by atoms with Crippen LogP contribution in [-0.4, -0.2) is 0 Å². The molecule has 0 aromatic rings. The Bertz CT molecular complexity index is 279. The van der Waals surface area contributed by atoms with Crippen LogP contribution in [0, 0.1) is 127 Å². The third-order valence-electron chi connectivity index (χ3n) is 3.30. The predicted octanol–water partition coefficient (Wildman–Crippen LogP) is 4.78. The molecule has 4 aliphatic carbocycles. The van der Waals surface area contributed by atoms with E-state index < -0.39 is 0 Å². The second kappa shape index (κ2) is 16.9. The van der Waals surface area contributed by atoms with Crippen molar-refractivity contribution in [1.29, 1.82) is 0 Å². The third-order valence-corrected chi connectivity index (χ3v) is 3.30. The third kappa shape index (κ3) is 12.0. The molecule has 2 heteroatoms. The first kappa shape index (κ1) is 25.8. The summed E-state index contributed by atoms with van der Waals surface area (Å²) in [6.45, 7) is 2.14. The minimum absolute atomic E-state index is 0. The van der Waals surface area contributed by atoms with E-state index in [1.807, 2.05) is 64.2 Å². The van der Waals surface area contributed by atoms with E-state index in [1.165, 1.54) is 17.4 Å². The van der Waals surface area contributed by atoms with Gasteiger partial charge in [0, 0.05) is 11.8 Å². The molecule has 4 rings (SSSR count). The van der Waals surface area contributed by atoms with Crippen LogP contribution in [-0.2, 0) is 34.1 Å². The molecule has 0 aromatic heterocycles. The molecule has 0 spiro atoms. The first-order valence-electron chi connectivity index (χ1n) is 7.82. The van der Waals surface area contributed by atoms with E-state index in [2.05, 4.69) is 64.4 Å². The summed E-state index contributed by atoms with van der Waals surface area (Å²) < 4.78 is 0. The van der Waals surface area contributed by atoms with Crippen LogP contribution in [0.4, 0.5) is 0 Å². The first-order valence-corrected chi connectivity index (χ1v) is 7.82. The SMILES string of the molecule is C/C(=C/[C]1[CH][CH][CH][CH]1)[C]1[CH][CH][CH][CH]1.[CH]1[CH][CH][CH][CH]1.[CH]1[CH][CH][CH][CH]1.[Fe+2].[Fe+2]. The molecular formula is C23H22Fe2+4. The molecule has 0 heterocycles. The molecule has 0 bridgehead atoms. The van der Waals surface area contributed by atoms with Crippen LogP contribution < -0.4 is 0 Å². The molecule has 25 heavy (non-hydrogen) atoms. The zero-order chi connectivity index (χ0) is 16.2. The van der Waals surface area contributed by atoms with Crippen molar-refractivity contribution in [3.63, 3.8) is 0 Å². The van der Waals surface area contributed by atoms with Crippen LogP contribution in [0.5, 0.6) is 0 Å². The van der Waals surface area contributed by atoms with Gasteiger partial charge in [-0.25, -0.2) is 0 Å². The van der Waals surface area contributed by atoms with Crippen molar-refractivity contribution in [2.24, 2.45) is 0 Å². The van der Waals surface area contributed by atoms with Crippen LogP contribution in [0.3, 0.4) is 0 Å². The summed E-state index contributed by atoms with van der Waals surface area (Å²) in [4.78, 5) is 0. The van der Waals surface area contributed by atoms with Gasteiger partial charge in [0.2, 0.25) is 0 Å². The number of hydrogen-bond acceptors (Lipinski definition) is 0. The van der Waals surface area contributed by atoms with Gasteiger partial charge in [-0.2, -0.15) is 0 Å². The fourth-order valence-corrected chi connectivity index (χ4v) is 2.10. The standard InChI is InChI=1S/C13H12.2C5H5.2Fe/c1-11(13-8-4-5-9-13)10-12-6-2-3-7-12;2*1-2-4-5-3-1;;/h2-10H,1H3;2*1-5H;;/q;;;2*+2/b11-10-;;;;. The molecule has 0 aliphatic heterocycles. The molecular weight excluding hydrogens is 388 g/mol. The number of allylic oxidation sites excluding steroid dienone is 2. The average Bonchev–Trinajstić information content (AvgIpc) is 3.41. The maximum atomic E-state index is 2.20. The Hall–Kier alpha value is 0.779. The Balaban J connectivity index is 0.000000400. The second-order valence-electron chi connectivity index (χ2n) is 5.14. The van der Waals surface area contributed by atoms with Gasteiger partial charge in [-0.15, -0.1) is 0 Å². The molecule has 0 amide bonds. The zero-order valence-corrected chi connectivity index (χ0v) is 16.4. The van der Waals surface area contributed by atoms with E-state index in [4.69, 9.17) is 0 Å². The van der Waals surface area contributed by atoms with Gasteiger partial charge >= 0.3 is 34.1 Å². The maximum Gasteiger partial charge on any atom is 2.00 e. The van der Waals surface area contributed by atoms with Gasteiger partial charge in [-0.05, 0) is 122 Å². The normalized spacial score (nSPS) is 23.8. The molecule has 0 saturated heterocycles. The van der Waals surface area contributed by atoms with Crippen LogP contribution >= 0.6 is 0 Å². The summed E-state index contributed by atoms with van der Waals surface area (Å²) >= 11 is 0. The Morgan fingerprint density at radius 1 is 0.520 bits per heavy atom. The van der Waals surface area contributed by atoms with Crippen molar-refractivity contribution in [3.8, 4) is 0 Å². The van der Waals surface area contributed by atoms with Crippen LogP contribution in [0.15, 0.2) is 11.6 Å². The molecule has 4 aliphatic rings. The smallest absolute Gasteiger partial charge is 0.0773 e. The molecule has 0 aromatic carbocycles. The van der Waals surface area contributed by atoms with Crippen molar-refractivity contribution in [1.82, 2.24) is 0 Å². The summed E-state index contributed by atoms with van der Waals surface area (Å²) in [5.41, 5.74) is 1.32. The average molecular weight is 410 g/mol. The van der Waals surface area contributed by atoms with Gasteiger partial charge in [-0.3, -0.25) is 0 Å². The molecule has 4 saturated carbocycles. The topological polar surface area (TPSA) is 0 Å². The molecule has 0 nitrogen and oxygen atoms in total.